The lowest BCUT2D eigenvalue weighted by Gasteiger charge is -2.09. The molecule has 6 nitrogen and oxygen atoms in total. The van der Waals surface area contributed by atoms with Crippen molar-refractivity contribution >= 4 is 21.6 Å². The topological polar surface area (TPSA) is 81.2 Å². The van der Waals surface area contributed by atoms with E-state index in [1.54, 1.807) is 7.11 Å². The molecule has 0 spiro atoms. The lowest BCUT2D eigenvalue weighted by Crippen LogP contribution is -2.26. The van der Waals surface area contributed by atoms with Crippen LogP contribution in [0.2, 0.25) is 5.28 Å². The summed E-state index contributed by atoms with van der Waals surface area (Å²) < 4.78 is 31.7. The van der Waals surface area contributed by atoms with Gasteiger partial charge in [-0.25, -0.2) is 23.1 Å². The zero-order valence-corrected chi connectivity index (χ0v) is 12.9. The lowest BCUT2D eigenvalue weighted by atomic mass is 10.1. The molecule has 8 heteroatoms. The van der Waals surface area contributed by atoms with Crippen molar-refractivity contribution in [1.82, 2.24) is 14.7 Å². The van der Waals surface area contributed by atoms with Gasteiger partial charge in [-0.2, -0.15) is 0 Å². The Morgan fingerprint density at radius 1 is 1.24 bits per heavy atom. The van der Waals surface area contributed by atoms with Gasteiger partial charge in [0.15, 0.2) is 0 Å². The molecule has 0 aliphatic carbocycles. The van der Waals surface area contributed by atoms with Crippen LogP contribution in [0, 0.1) is 0 Å². The molecule has 1 aromatic heterocycles. The van der Waals surface area contributed by atoms with Crippen molar-refractivity contribution in [1.29, 1.82) is 0 Å². The van der Waals surface area contributed by atoms with Gasteiger partial charge in [0.2, 0.25) is 15.3 Å². The molecule has 0 aliphatic rings. The van der Waals surface area contributed by atoms with E-state index < -0.39 is 10.0 Å². The van der Waals surface area contributed by atoms with E-state index in [0.717, 1.165) is 11.3 Å². The van der Waals surface area contributed by atoms with E-state index in [9.17, 15) is 8.42 Å². The van der Waals surface area contributed by atoms with Gasteiger partial charge in [-0.3, -0.25) is 0 Å². The molecule has 1 heterocycles. The Kier molecular flexibility index (Phi) is 5.11. The SMILES string of the molecule is COc1ccccc1CCNS(=O)(=O)c1cnc(Cl)nc1. The number of hydrogen-bond acceptors (Lipinski definition) is 5. The number of aromatic nitrogens is 2. The highest BCUT2D eigenvalue weighted by molar-refractivity contribution is 7.89. The molecule has 112 valence electrons. The normalized spacial score (nSPS) is 11.3. The first-order valence-corrected chi connectivity index (χ1v) is 7.98. The predicted octanol–water partition coefficient (Wildman–Crippen LogP) is 1.66. The average molecular weight is 328 g/mol. The van der Waals surface area contributed by atoms with Gasteiger partial charge in [0, 0.05) is 6.54 Å². The highest BCUT2D eigenvalue weighted by atomic mass is 35.5. The summed E-state index contributed by atoms with van der Waals surface area (Å²) in [5, 5.41) is 0.00275. The number of rotatable bonds is 6. The van der Waals surface area contributed by atoms with Crippen molar-refractivity contribution in [3.8, 4) is 5.75 Å². The first kappa shape index (κ1) is 15.7. The van der Waals surface area contributed by atoms with Crippen molar-refractivity contribution in [3.05, 3.63) is 47.5 Å². The van der Waals surface area contributed by atoms with Crippen LogP contribution in [0.25, 0.3) is 0 Å². The second kappa shape index (κ2) is 6.84. The van der Waals surface area contributed by atoms with Crippen molar-refractivity contribution in [2.75, 3.05) is 13.7 Å². The van der Waals surface area contributed by atoms with Crippen LogP contribution in [0.3, 0.4) is 0 Å². The third-order valence-electron chi connectivity index (χ3n) is 2.79. The third kappa shape index (κ3) is 4.13. The molecular formula is C13H14ClN3O3S. The molecule has 0 bridgehead atoms. The van der Waals surface area contributed by atoms with Gasteiger partial charge in [0.05, 0.1) is 19.5 Å². The summed E-state index contributed by atoms with van der Waals surface area (Å²) in [5.74, 6) is 0.728. The molecule has 0 aliphatic heterocycles. The average Bonchev–Trinajstić information content (AvgIpc) is 2.48. The van der Waals surface area contributed by atoms with Crippen LogP contribution in [0.5, 0.6) is 5.75 Å². The van der Waals surface area contributed by atoms with Gasteiger partial charge in [-0.05, 0) is 29.7 Å². The molecule has 0 unspecified atom stereocenters. The van der Waals surface area contributed by atoms with Gasteiger partial charge in [-0.1, -0.05) is 18.2 Å². The summed E-state index contributed by atoms with van der Waals surface area (Å²) in [5.41, 5.74) is 0.926. The van der Waals surface area contributed by atoms with Gasteiger partial charge in [-0.15, -0.1) is 0 Å². The van der Waals surface area contributed by atoms with E-state index in [1.807, 2.05) is 24.3 Å². The Bertz CT molecular complexity index is 705. The van der Waals surface area contributed by atoms with Crippen LogP contribution in [0.15, 0.2) is 41.6 Å². The summed E-state index contributed by atoms with van der Waals surface area (Å²) in [7, 11) is -2.06. The van der Waals surface area contributed by atoms with Crippen LogP contribution in [0.1, 0.15) is 5.56 Å². The standard InChI is InChI=1S/C13H14ClN3O3S/c1-20-12-5-3-2-4-10(12)6-7-17-21(18,19)11-8-15-13(14)16-9-11/h2-5,8-9,17H,6-7H2,1H3. The Morgan fingerprint density at radius 3 is 2.57 bits per heavy atom. The Labute approximate surface area is 128 Å². The summed E-state index contributed by atoms with van der Waals surface area (Å²) in [6, 6.07) is 7.45. The number of nitrogens with one attached hydrogen (secondary N) is 1. The molecule has 0 fully saturated rings. The number of hydrogen-bond donors (Lipinski definition) is 1. The largest absolute Gasteiger partial charge is 0.496 e. The zero-order valence-electron chi connectivity index (χ0n) is 11.3. The molecule has 1 aromatic carbocycles. The maximum atomic E-state index is 12.0. The van der Waals surface area contributed by atoms with Crippen LogP contribution >= 0.6 is 11.6 Å². The van der Waals surface area contributed by atoms with Gasteiger partial charge >= 0.3 is 0 Å². The van der Waals surface area contributed by atoms with E-state index in [0.29, 0.717) is 6.42 Å². The van der Waals surface area contributed by atoms with Gasteiger partial charge in [0.25, 0.3) is 0 Å². The molecule has 2 aromatic rings. The third-order valence-corrected chi connectivity index (χ3v) is 4.40. The lowest BCUT2D eigenvalue weighted by molar-refractivity contribution is 0.409. The molecule has 0 radical (unpaired) electrons. The molecule has 0 atom stereocenters. The maximum Gasteiger partial charge on any atom is 0.243 e. The van der Waals surface area contributed by atoms with E-state index in [-0.39, 0.29) is 16.7 Å². The Morgan fingerprint density at radius 2 is 1.90 bits per heavy atom. The van der Waals surface area contributed by atoms with E-state index in [1.165, 1.54) is 12.4 Å². The second-order valence-corrected chi connectivity index (χ2v) is 6.25. The summed E-state index contributed by atoms with van der Waals surface area (Å²) in [6.07, 6.45) is 2.85. The van der Waals surface area contributed by atoms with E-state index in [2.05, 4.69) is 14.7 Å². The fraction of sp³-hybridized carbons (Fsp3) is 0.231. The number of sulfonamides is 1. The molecule has 1 N–H and O–H groups in total. The number of halogens is 1. The fourth-order valence-corrected chi connectivity index (χ4v) is 2.77. The fourth-order valence-electron chi connectivity index (χ4n) is 1.75. The second-order valence-electron chi connectivity index (χ2n) is 4.15. The quantitative estimate of drug-likeness (QED) is 0.816. The molecular weight excluding hydrogens is 314 g/mol. The highest BCUT2D eigenvalue weighted by Crippen LogP contribution is 2.17. The Balaban J connectivity index is 2.01. The zero-order chi connectivity index (χ0) is 15.3. The number of nitrogens with zero attached hydrogens (tertiary/aromatic N) is 2. The summed E-state index contributed by atoms with van der Waals surface area (Å²) in [6.45, 7) is 0.241. The molecule has 0 saturated carbocycles. The smallest absolute Gasteiger partial charge is 0.243 e. The van der Waals surface area contributed by atoms with E-state index in [4.69, 9.17) is 16.3 Å². The molecule has 21 heavy (non-hydrogen) atoms. The predicted molar refractivity (Wildman–Crippen MR) is 78.9 cm³/mol. The van der Waals surface area contributed by atoms with Crippen molar-refractivity contribution in [2.45, 2.75) is 11.3 Å². The first-order valence-electron chi connectivity index (χ1n) is 6.12. The minimum Gasteiger partial charge on any atom is -0.496 e. The number of ether oxygens (including phenoxy) is 1. The van der Waals surface area contributed by atoms with Crippen LogP contribution in [0.4, 0.5) is 0 Å². The highest BCUT2D eigenvalue weighted by Gasteiger charge is 2.14. The van der Waals surface area contributed by atoms with Gasteiger partial charge < -0.3 is 4.74 Å². The van der Waals surface area contributed by atoms with E-state index >= 15 is 0 Å². The van der Waals surface area contributed by atoms with Crippen molar-refractivity contribution < 1.29 is 13.2 Å². The number of para-hydroxylation sites is 1. The summed E-state index contributed by atoms with van der Waals surface area (Å²) >= 11 is 5.53. The first-order chi connectivity index (χ1) is 10.0. The number of benzene rings is 1. The van der Waals surface area contributed by atoms with Crippen LogP contribution in [-0.4, -0.2) is 32.0 Å². The van der Waals surface area contributed by atoms with Crippen LogP contribution in [-0.2, 0) is 16.4 Å². The number of methoxy groups -OCH3 is 1. The molecule has 0 saturated heterocycles. The minimum absolute atomic E-state index is 0.00275. The molecule has 2 rings (SSSR count). The minimum atomic E-state index is -3.64. The van der Waals surface area contributed by atoms with Crippen molar-refractivity contribution in [2.24, 2.45) is 0 Å². The maximum absolute atomic E-state index is 12.0. The van der Waals surface area contributed by atoms with Crippen molar-refractivity contribution in [3.63, 3.8) is 0 Å². The van der Waals surface area contributed by atoms with Crippen LogP contribution < -0.4 is 9.46 Å². The summed E-state index contributed by atoms with van der Waals surface area (Å²) in [4.78, 5) is 7.29. The monoisotopic (exact) mass is 327 g/mol. The Hall–Kier alpha value is -1.70. The van der Waals surface area contributed by atoms with Gasteiger partial charge in [0.1, 0.15) is 10.6 Å². The molecule has 0 amide bonds.